The van der Waals surface area contributed by atoms with E-state index in [2.05, 4.69) is 34.8 Å². The SMILES string of the molecule is Cc1c(N)cnc(SCCC(C)C)c1Br. The minimum Gasteiger partial charge on any atom is -0.397 e. The zero-order chi connectivity index (χ0) is 11.4. The van der Waals surface area contributed by atoms with Crippen LogP contribution in [0.2, 0.25) is 0 Å². The van der Waals surface area contributed by atoms with E-state index in [1.807, 2.05) is 6.92 Å². The first-order valence-electron chi connectivity index (χ1n) is 5.05. The molecule has 1 aromatic rings. The molecule has 1 rings (SSSR count). The molecule has 84 valence electrons. The zero-order valence-electron chi connectivity index (χ0n) is 9.38. The number of hydrogen-bond acceptors (Lipinski definition) is 3. The van der Waals surface area contributed by atoms with E-state index >= 15 is 0 Å². The molecule has 15 heavy (non-hydrogen) atoms. The van der Waals surface area contributed by atoms with E-state index in [9.17, 15) is 0 Å². The molecule has 0 radical (unpaired) electrons. The fourth-order valence-electron chi connectivity index (χ4n) is 1.06. The van der Waals surface area contributed by atoms with Gasteiger partial charge in [-0.1, -0.05) is 13.8 Å². The van der Waals surface area contributed by atoms with Crippen molar-refractivity contribution in [2.75, 3.05) is 11.5 Å². The monoisotopic (exact) mass is 288 g/mol. The number of pyridine rings is 1. The van der Waals surface area contributed by atoms with E-state index in [-0.39, 0.29) is 0 Å². The maximum Gasteiger partial charge on any atom is 0.111 e. The second-order valence-corrected chi connectivity index (χ2v) is 5.87. The summed E-state index contributed by atoms with van der Waals surface area (Å²) >= 11 is 5.32. The number of nitrogens with zero attached hydrogens (tertiary/aromatic N) is 1. The molecule has 0 bridgehead atoms. The summed E-state index contributed by atoms with van der Waals surface area (Å²) in [4.78, 5) is 4.33. The molecule has 0 saturated heterocycles. The Morgan fingerprint density at radius 2 is 2.20 bits per heavy atom. The van der Waals surface area contributed by atoms with Gasteiger partial charge in [-0.2, -0.15) is 0 Å². The standard InChI is InChI=1S/C11H17BrN2S/c1-7(2)4-5-15-11-10(12)8(3)9(13)6-14-11/h6-7H,4-5,13H2,1-3H3. The first kappa shape index (κ1) is 12.8. The van der Waals surface area contributed by atoms with Crippen LogP contribution in [0.3, 0.4) is 0 Å². The summed E-state index contributed by atoms with van der Waals surface area (Å²) in [5.41, 5.74) is 7.59. The fourth-order valence-corrected chi connectivity index (χ4v) is 2.93. The van der Waals surface area contributed by atoms with Crippen LogP contribution in [-0.2, 0) is 0 Å². The smallest absolute Gasteiger partial charge is 0.111 e. The Hall–Kier alpha value is -0.220. The van der Waals surface area contributed by atoms with Gasteiger partial charge >= 0.3 is 0 Å². The lowest BCUT2D eigenvalue weighted by Gasteiger charge is -2.08. The van der Waals surface area contributed by atoms with Crippen LogP contribution in [0.5, 0.6) is 0 Å². The lowest BCUT2D eigenvalue weighted by molar-refractivity contribution is 0.632. The second-order valence-electron chi connectivity index (χ2n) is 3.99. The van der Waals surface area contributed by atoms with Crippen molar-refractivity contribution in [3.8, 4) is 0 Å². The quantitative estimate of drug-likeness (QED) is 0.855. The molecule has 2 nitrogen and oxygen atoms in total. The molecule has 0 aliphatic carbocycles. The Morgan fingerprint density at radius 1 is 1.53 bits per heavy atom. The van der Waals surface area contributed by atoms with E-state index in [0.29, 0.717) is 0 Å². The van der Waals surface area contributed by atoms with Gasteiger partial charge in [0.1, 0.15) is 5.03 Å². The van der Waals surface area contributed by atoms with Gasteiger partial charge in [0, 0.05) is 0 Å². The van der Waals surface area contributed by atoms with Crippen molar-refractivity contribution in [3.63, 3.8) is 0 Å². The highest BCUT2D eigenvalue weighted by Crippen LogP contribution is 2.31. The Balaban J connectivity index is 2.66. The van der Waals surface area contributed by atoms with Gasteiger partial charge in [0.15, 0.2) is 0 Å². The van der Waals surface area contributed by atoms with Crippen molar-refractivity contribution in [2.24, 2.45) is 5.92 Å². The van der Waals surface area contributed by atoms with Crippen LogP contribution in [0.25, 0.3) is 0 Å². The van der Waals surface area contributed by atoms with E-state index < -0.39 is 0 Å². The molecule has 0 fully saturated rings. The molecule has 0 spiro atoms. The highest BCUT2D eigenvalue weighted by Gasteiger charge is 2.07. The van der Waals surface area contributed by atoms with Crippen molar-refractivity contribution < 1.29 is 0 Å². The average molecular weight is 289 g/mol. The number of hydrogen-bond donors (Lipinski definition) is 1. The molecule has 0 aliphatic heterocycles. The van der Waals surface area contributed by atoms with E-state index in [4.69, 9.17) is 5.73 Å². The summed E-state index contributed by atoms with van der Waals surface area (Å²) in [5.74, 6) is 1.85. The van der Waals surface area contributed by atoms with Crippen molar-refractivity contribution >= 4 is 33.4 Å². The highest BCUT2D eigenvalue weighted by atomic mass is 79.9. The molecule has 0 aliphatic rings. The van der Waals surface area contributed by atoms with Gasteiger partial charge < -0.3 is 5.73 Å². The van der Waals surface area contributed by atoms with E-state index in [1.165, 1.54) is 6.42 Å². The molecule has 4 heteroatoms. The molecule has 0 saturated carbocycles. The normalized spacial score (nSPS) is 11.0. The molecule has 1 aromatic heterocycles. The van der Waals surface area contributed by atoms with Gasteiger partial charge in [0.2, 0.25) is 0 Å². The maximum absolute atomic E-state index is 5.76. The second kappa shape index (κ2) is 5.75. The number of nitrogens with two attached hydrogens (primary N) is 1. The predicted molar refractivity (Wildman–Crippen MR) is 71.3 cm³/mol. The van der Waals surface area contributed by atoms with Crippen LogP contribution < -0.4 is 5.73 Å². The van der Waals surface area contributed by atoms with Crippen molar-refractivity contribution in [1.82, 2.24) is 4.98 Å². The fraction of sp³-hybridized carbons (Fsp3) is 0.545. The Morgan fingerprint density at radius 3 is 2.80 bits per heavy atom. The molecule has 2 N–H and O–H groups in total. The maximum atomic E-state index is 5.76. The van der Waals surface area contributed by atoms with Crippen molar-refractivity contribution in [1.29, 1.82) is 0 Å². The number of thioether (sulfide) groups is 1. The van der Waals surface area contributed by atoms with Crippen LogP contribution in [0.4, 0.5) is 5.69 Å². The lowest BCUT2D eigenvalue weighted by atomic mass is 10.2. The Bertz CT molecular complexity index is 340. The highest BCUT2D eigenvalue weighted by molar-refractivity contribution is 9.10. The lowest BCUT2D eigenvalue weighted by Crippen LogP contribution is -1.96. The molecule has 0 amide bonds. The first-order valence-corrected chi connectivity index (χ1v) is 6.83. The summed E-state index contributed by atoms with van der Waals surface area (Å²) in [7, 11) is 0. The number of rotatable bonds is 4. The number of halogens is 1. The zero-order valence-corrected chi connectivity index (χ0v) is 11.8. The molecular formula is C11H17BrN2S. The van der Waals surface area contributed by atoms with Crippen LogP contribution in [-0.4, -0.2) is 10.7 Å². The summed E-state index contributed by atoms with van der Waals surface area (Å²) in [6.07, 6.45) is 2.94. The van der Waals surface area contributed by atoms with Crippen LogP contribution in [0, 0.1) is 12.8 Å². The van der Waals surface area contributed by atoms with Crippen LogP contribution in [0.1, 0.15) is 25.8 Å². The third kappa shape index (κ3) is 3.68. The van der Waals surface area contributed by atoms with E-state index in [1.54, 1.807) is 18.0 Å². The van der Waals surface area contributed by atoms with Gasteiger partial charge in [-0.25, -0.2) is 4.98 Å². The van der Waals surface area contributed by atoms with Crippen LogP contribution >= 0.6 is 27.7 Å². The van der Waals surface area contributed by atoms with Crippen LogP contribution in [0.15, 0.2) is 15.7 Å². The minimum atomic E-state index is 0.742. The van der Waals surface area contributed by atoms with E-state index in [0.717, 1.165) is 32.4 Å². The topological polar surface area (TPSA) is 38.9 Å². The van der Waals surface area contributed by atoms with Crippen molar-refractivity contribution in [3.05, 3.63) is 16.2 Å². The summed E-state index contributed by atoms with van der Waals surface area (Å²) in [6.45, 7) is 6.47. The minimum absolute atomic E-state index is 0.742. The summed E-state index contributed by atoms with van der Waals surface area (Å²) in [5, 5.41) is 1.04. The largest absolute Gasteiger partial charge is 0.397 e. The summed E-state index contributed by atoms with van der Waals surface area (Å²) in [6, 6.07) is 0. The number of aromatic nitrogens is 1. The molecule has 1 heterocycles. The predicted octanol–water partition coefficient (Wildman–Crippen LogP) is 3.87. The third-order valence-electron chi connectivity index (χ3n) is 2.20. The Kier molecular flexibility index (Phi) is 4.93. The van der Waals surface area contributed by atoms with Gasteiger partial charge in [-0.15, -0.1) is 11.8 Å². The van der Waals surface area contributed by atoms with Gasteiger partial charge in [0.05, 0.1) is 16.4 Å². The Labute approximate surface area is 104 Å². The van der Waals surface area contributed by atoms with Gasteiger partial charge in [-0.05, 0) is 46.5 Å². The summed E-state index contributed by atoms with van der Waals surface area (Å²) < 4.78 is 1.04. The van der Waals surface area contributed by atoms with Gasteiger partial charge in [0.25, 0.3) is 0 Å². The molecule has 0 unspecified atom stereocenters. The first-order chi connectivity index (χ1) is 7.02. The average Bonchev–Trinajstić information content (AvgIpc) is 2.18. The van der Waals surface area contributed by atoms with Gasteiger partial charge in [-0.3, -0.25) is 0 Å². The number of anilines is 1. The molecule has 0 atom stereocenters. The molecular weight excluding hydrogens is 272 g/mol. The number of nitrogen functional groups attached to an aromatic ring is 1. The third-order valence-corrected chi connectivity index (χ3v) is 4.46. The van der Waals surface area contributed by atoms with Crippen molar-refractivity contribution in [2.45, 2.75) is 32.2 Å². The molecule has 0 aromatic carbocycles.